The summed E-state index contributed by atoms with van der Waals surface area (Å²) in [4.78, 5) is 0. The molecule has 1 unspecified atom stereocenters. The Morgan fingerprint density at radius 3 is 2.47 bits per heavy atom. The van der Waals surface area contributed by atoms with E-state index in [0.29, 0.717) is 5.02 Å². The van der Waals surface area contributed by atoms with Gasteiger partial charge in [0.1, 0.15) is 16.1 Å². The molecule has 0 aromatic heterocycles. The fourth-order valence-electron chi connectivity index (χ4n) is 1.04. The molecule has 0 aliphatic carbocycles. The number of halogens is 2. The minimum atomic E-state index is -1.25. The molecule has 0 bridgehead atoms. The molecule has 1 atom stereocenters. The molecule has 0 radical (unpaired) electrons. The Morgan fingerprint density at radius 2 is 2.00 bits per heavy atom. The summed E-state index contributed by atoms with van der Waals surface area (Å²) >= 11 is 8.09. The SMILES string of the molecule is CC(=N[S+]([O-])C(C)(C)C)c1ccc(Br)c(Cl)c1. The van der Waals surface area contributed by atoms with Gasteiger partial charge in [0.25, 0.3) is 0 Å². The first-order valence-corrected chi connectivity index (χ1v) is 7.42. The number of hydrogen-bond acceptors (Lipinski definition) is 2. The highest BCUT2D eigenvalue weighted by molar-refractivity contribution is 9.10. The van der Waals surface area contributed by atoms with E-state index in [9.17, 15) is 4.55 Å². The smallest absolute Gasteiger partial charge is 0.144 e. The van der Waals surface area contributed by atoms with E-state index in [1.54, 1.807) is 0 Å². The lowest BCUT2D eigenvalue weighted by Crippen LogP contribution is -2.26. The largest absolute Gasteiger partial charge is 0.591 e. The van der Waals surface area contributed by atoms with Crippen LogP contribution in [-0.2, 0) is 11.4 Å². The van der Waals surface area contributed by atoms with Crippen molar-refractivity contribution in [2.45, 2.75) is 32.4 Å². The number of nitrogens with zero attached hydrogens (tertiary/aromatic N) is 1. The molecule has 0 saturated carbocycles. The molecule has 0 heterocycles. The first kappa shape index (κ1) is 15.0. The molecule has 0 amide bonds. The van der Waals surface area contributed by atoms with Gasteiger partial charge in [-0.15, -0.1) is 0 Å². The van der Waals surface area contributed by atoms with E-state index in [0.717, 1.165) is 15.7 Å². The van der Waals surface area contributed by atoms with Crippen molar-refractivity contribution in [2.75, 3.05) is 0 Å². The van der Waals surface area contributed by atoms with Crippen LogP contribution in [0.3, 0.4) is 0 Å². The zero-order valence-corrected chi connectivity index (χ0v) is 13.4. The van der Waals surface area contributed by atoms with E-state index in [1.807, 2.05) is 45.9 Å². The highest BCUT2D eigenvalue weighted by atomic mass is 79.9. The average molecular weight is 337 g/mol. The van der Waals surface area contributed by atoms with Gasteiger partial charge >= 0.3 is 0 Å². The summed E-state index contributed by atoms with van der Waals surface area (Å²) in [6.45, 7) is 7.53. The molecule has 94 valence electrons. The fraction of sp³-hybridized carbons (Fsp3) is 0.417. The molecule has 0 fully saturated rings. The van der Waals surface area contributed by atoms with Crippen LogP contribution in [0.1, 0.15) is 33.3 Å². The predicted molar refractivity (Wildman–Crippen MR) is 79.3 cm³/mol. The van der Waals surface area contributed by atoms with Crippen molar-refractivity contribution in [3.05, 3.63) is 33.3 Å². The molecule has 0 spiro atoms. The lowest BCUT2D eigenvalue weighted by atomic mass is 10.1. The number of benzene rings is 1. The number of hydrogen-bond donors (Lipinski definition) is 0. The molecule has 0 N–H and O–H groups in total. The van der Waals surface area contributed by atoms with E-state index in [-0.39, 0.29) is 4.75 Å². The van der Waals surface area contributed by atoms with Gasteiger partial charge in [-0.05, 0) is 55.8 Å². The van der Waals surface area contributed by atoms with Gasteiger partial charge in [0.15, 0.2) is 0 Å². The van der Waals surface area contributed by atoms with Crippen LogP contribution < -0.4 is 0 Å². The standard InChI is InChI=1S/C12H15BrClNOS/c1-8(15-17(16)12(2,3)4)9-5-6-10(13)11(14)7-9/h5-7H,1-4H3. The molecule has 1 aromatic rings. The van der Waals surface area contributed by atoms with Crippen LogP contribution in [-0.4, -0.2) is 15.0 Å². The number of rotatable bonds is 2. The summed E-state index contributed by atoms with van der Waals surface area (Å²) < 4.78 is 16.6. The van der Waals surface area contributed by atoms with E-state index < -0.39 is 11.4 Å². The minimum absolute atomic E-state index is 0.347. The van der Waals surface area contributed by atoms with Crippen molar-refractivity contribution in [1.82, 2.24) is 0 Å². The summed E-state index contributed by atoms with van der Waals surface area (Å²) in [6.07, 6.45) is 0. The van der Waals surface area contributed by atoms with Gasteiger partial charge < -0.3 is 4.55 Å². The summed E-state index contributed by atoms with van der Waals surface area (Å²) in [5.74, 6) is 0. The maximum Gasteiger partial charge on any atom is 0.144 e. The van der Waals surface area contributed by atoms with Crippen molar-refractivity contribution in [3.63, 3.8) is 0 Å². The molecule has 0 aliphatic rings. The van der Waals surface area contributed by atoms with Crippen LogP contribution in [0, 0.1) is 0 Å². The molecular formula is C12H15BrClNOS. The van der Waals surface area contributed by atoms with Gasteiger partial charge in [-0.3, -0.25) is 0 Å². The molecule has 0 saturated heterocycles. The lowest BCUT2D eigenvalue weighted by Gasteiger charge is -2.18. The Bertz CT molecular complexity index is 443. The van der Waals surface area contributed by atoms with Gasteiger partial charge in [-0.2, -0.15) is 0 Å². The lowest BCUT2D eigenvalue weighted by molar-refractivity contribution is 0.561. The van der Waals surface area contributed by atoms with Gasteiger partial charge in [-0.1, -0.05) is 22.1 Å². The van der Waals surface area contributed by atoms with Crippen LogP contribution in [0.15, 0.2) is 27.1 Å². The zero-order chi connectivity index (χ0) is 13.2. The average Bonchev–Trinajstić information content (AvgIpc) is 2.20. The highest BCUT2D eigenvalue weighted by Crippen LogP contribution is 2.24. The maximum absolute atomic E-state index is 11.9. The van der Waals surface area contributed by atoms with Gasteiger partial charge in [0.05, 0.1) is 10.7 Å². The van der Waals surface area contributed by atoms with Crippen molar-refractivity contribution < 1.29 is 4.55 Å². The third-order valence-electron chi connectivity index (χ3n) is 2.08. The maximum atomic E-state index is 11.9. The Labute approximate surface area is 119 Å². The fourth-order valence-corrected chi connectivity index (χ4v) is 2.09. The third kappa shape index (κ3) is 4.28. The highest BCUT2D eigenvalue weighted by Gasteiger charge is 2.26. The first-order chi connectivity index (χ1) is 7.71. The van der Waals surface area contributed by atoms with E-state index in [2.05, 4.69) is 20.3 Å². The minimum Gasteiger partial charge on any atom is -0.591 e. The Hall–Kier alpha value is -0.0300. The second kappa shape index (κ2) is 5.74. The van der Waals surface area contributed by atoms with Gasteiger partial charge in [-0.25, -0.2) is 0 Å². The molecule has 2 nitrogen and oxygen atoms in total. The quantitative estimate of drug-likeness (QED) is 0.583. The molecule has 1 aromatic carbocycles. The first-order valence-electron chi connectivity index (χ1n) is 5.14. The summed E-state index contributed by atoms with van der Waals surface area (Å²) in [5, 5.41) is 0.624. The monoisotopic (exact) mass is 335 g/mol. The molecule has 17 heavy (non-hydrogen) atoms. The molecule has 1 rings (SSSR count). The van der Waals surface area contributed by atoms with Gasteiger partial charge in [0.2, 0.25) is 0 Å². The summed E-state index contributed by atoms with van der Waals surface area (Å²) in [6, 6.07) is 5.57. The predicted octanol–water partition coefficient (Wildman–Crippen LogP) is 4.37. The Morgan fingerprint density at radius 1 is 1.41 bits per heavy atom. The van der Waals surface area contributed by atoms with Gasteiger partial charge in [0, 0.05) is 10.0 Å². The normalized spacial score (nSPS) is 14.9. The molecular weight excluding hydrogens is 322 g/mol. The van der Waals surface area contributed by atoms with Crippen LogP contribution in [0.25, 0.3) is 0 Å². The zero-order valence-electron chi connectivity index (χ0n) is 10.3. The molecule has 0 aliphatic heterocycles. The summed E-state index contributed by atoms with van der Waals surface area (Å²) in [5.41, 5.74) is 1.61. The van der Waals surface area contributed by atoms with E-state index in [4.69, 9.17) is 11.6 Å². The van der Waals surface area contributed by atoms with Crippen LogP contribution >= 0.6 is 27.5 Å². The van der Waals surface area contributed by atoms with Crippen LogP contribution in [0.5, 0.6) is 0 Å². The van der Waals surface area contributed by atoms with Crippen molar-refractivity contribution in [1.29, 1.82) is 0 Å². The van der Waals surface area contributed by atoms with E-state index in [1.165, 1.54) is 0 Å². The molecule has 5 heteroatoms. The van der Waals surface area contributed by atoms with E-state index >= 15 is 0 Å². The Balaban J connectivity index is 3.00. The Kier molecular flexibility index (Phi) is 5.07. The van der Waals surface area contributed by atoms with Crippen molar-refractivity contribution in [2.24, 2.45) is 4.40 Å². The topological polar surface area (TPSA) is 35.4 Å². The van der Waals surface area contributed by atoms with Crippen LogP contribution in [0.4, 0.5) is 0 Å². The third-order valence-corrected chi connectivity index (χ3v) is 4.80. The summed E-state index contributed by atoms with van der Waals surface area (Å²) in [7, 11) is 0. The second-order valence-electron chi connectivity index (χ2n) is 4.67. The van der Waals surface area contributed by atoms with Crippen molar-refractivity contribution in [3.8, 4) is 0 Å². The van der Waals surface area contributed by atoms with Crippen LogP contribution in [0.2, 0.25) is 5.02 Å². The second-order valence-corrected chi connectivity index (χ2v) is 7.83. The van der Waals surface area contributed by atoms with Crippen molar-refractivity contribution >= 4 is 44.6 Å².